The number of aryl methyl sites for hydroxylation is 1. The zero-order chi connectivity index (χ0) is 14.5. The molecule has 0 saturated carbocycles. The summed E-state index contributed by atoms with van der Waals surface area (Å²) >= 11 is 5.82. The first kappa shape index (κ1) is 15.6. The molecule has 106 valence electrons. The van der Waals surface area contributed by atoms with Crippen LogP contribution in [0.25, 0.3) is 0 Å². The zero-order valence-corrected chi connectivity index (χ0v) is 10.8. The highest BCUT2D eigenvalue weighted by Gasteiger charge is 2.31. The molecule has 0 aliphatic rings. The van der Waals surface area contributed by atoms with Crippen LogP contribution in [0.1, 0.15) is 18.9 Å². The predicted molar refractivity (Wildman–Crippen MR) is 63.1 cm³/mol. The van der Waals surface area contributed by atoms with E-state index >= 15 is 0 Å². The van der Waals surface area contributed by atoms with Gasteiger partial charge >= 0.3 is 12.3 Å². The van der Waals surface area contributed by atoms with E-state index in [0.29, 0.717) is 12.0 Å². The molecule has 0 fully saturated rings. The van der Waals surface area contributed by atoms with Gasteiger partial charge in [-0.05, 0) is 31.0 Å². The van der Waals surface area contributed by atoms with E-state index in [2.05, 4.69) is 4.74 Å². The SMILES string of the molecule is CCOC(=O)CCc1ccc(OC(F)(F)F)cc1Cl. The molecular weight excluding hydrogens is 285 g/mol. The number of hydrogen-bond donors (Lipinski definition) is 0. The molecule has 0 aliphatic heterocycles. The molecule has 19 heavy (non-hydrogen) atoms. The predicted octanol–water partition coefficient (Wildman–Crippen LogP) is 3.73. The first-order valence-electron chi connectivity index (χ1n) is 5.51. The molecule has 0 amide bonds. The molecule has 0 aromatic heterocycles. The third kappa shape index (κ3) is 5.83. The summed E-state index contributed by atoms with van der Waals surface area (Å²) in [6, 6.07) is 3.61. The maximum atomic E-state index is 12.0. The Morgan fingerprint density at radius 2 is 2.05 bits per heavy atom. The van der Waals surface area contributed by atoms with Crippen molar-refractivity contribution >= 4 is 17.6 Å². The van der Waals surface area contributed by atoms with E-state index in [9.17, 15) is 18.0 Å². The molecule has 0 bridgehead atoms. The number of carbonyl (C=O) groups excluding carboxylic acids is 1. The average molecular weight is 297 g/mol. The third-order valence-electron chi connectivity index (χ3n) is 2.16. The topological polar surface area (TPSA) is 35.5 Å². The fourth-order valence-electron chi connectivity index (χ4n) is 1.40. The van der Waals surface area contributed by atoms with Crippen LogP contribution >= 0.6 is 11.6 Å². The average Bonchev–Trinajstić information content (AvgIpc) is 2.26. The number of alkyl halides is 3. The number of hydrogen-bond acceptors (Lipinski definition) is 3. The second-order valence-electron chi connectivity index (χ2n) is 3.61. The summed E-state index contributed by atoms with van der Waals surface area (Å²) < 4.78 is 44.4. The standard InChI is InChI=1S/C12H12ClF3O3/c1-2-18-11(17)6-4-8-3-5-9(7-10(8)13)19-12(14,15)16/h3,5,7H,2,4,6H2,1H3. The highest BCUT2D eigenvalue weighted by molar-refractivity contribution is 6.31. The largest absolute Gasteiger partial charge is 0.573 e. The van der Waals surface area contributed by atoms with Crippen molar-refractivity contribution in [1.29, 1.82) is 0 Å². The van der Waals surface area contributed by atoms with Crippen molar-refractivity contribution in [2.24, 2.45) is 0 Å². The minimum atomic E-state index is -4.75. The van der Waals surface area contributed by atoms with Crippen molar-refractivity contribution in [3.05, 3.63) is 28.8 Å². The summed E-state index contributed by atoms with van der Waals surface area (Å²) in [7, 11) is 0. The van der Waals surface area contributed by atoms with Crippen LogP contribution < -0.4 is 4.74 Å². The summed E-state index contributed by atoms with van der Waals surface area (Å²) in [6.45, 7) is 1.97. The van der Waals surface area contributed by atoms with Gasteiger partial charge in [0.05, 0.1) is 6.61 Å². The molecule has 0 spiro atoms. The van der Waals surface area contributed by atoms with Gasteiger partial charge in [0.15, 0.2) is 0 Å². The Morgan fingerprint density at radius 3 is 2.58 bits per heavy atom. The molecule has 3 nitrogen and oxygen atoms in total. The van der Waals surface area contributed by atoms with E-state index in [0.717, 1.165) is 12.1 Å². The van der Waals surface area contributed by atoms with Gasteiger partial charge in [0.1, 0.15) is 5.75 Å². The van der Waals surface area contributed by atoms with E-state index in [1.165, 1.54) is 6.07 Å². The molecular formula is C12H12ClF3O3. The van der Waals surface area contributed by atoms with Crippen molar-refractivity contribution in [3.8, 4) is 5.75 Å². The summed E-state index contributed by atoms with van der Waals surface area (Å²) in [4.78, 5) is 11.1. The van der Waals surface area contributed by atoms with Gasteiger partial charge in [-0.15, -0.1) is 13.2 Å². The second kappa shape index (κ2) is 6.65. The van der Waals surface area contributed by atoms with E-state index < -0.39 is 12.1 Å². The maximum absolute atomic E-state index is 12.0. The normalized spacial score (nSPS) is 11.2. The smallest absolute Gasteiger partial charge is 0.466 e. The Labute approximate surface area is 113 Å². The van der Waals surface area contributed by atoms with E-state index in [1.54, 1.807) is 6.92 Å². The van der Waals surface area contributed by atoms with Crippen LogP contribution in [0.2, 0.25) is 5.02 Å². The molecule has 1 aromatic rings. The Morgan fingerprint density at radius 1 is 1.37 bits per heavy atom. The van der Waals surface area contributed by atoms with Crippen molar-refractivity contribution in [3.63, 3.8) is 0 Å². The van der Waals surface area contributed by atoms with Gasteiger partial charge in [0.25, 0.3) is 0 Å². The Bertz CT molecular complexity index is 446. The minimum absolute atomic E-state index is 0.117. The Kier molecular flexibility index (Phi) is 5.47. The van der Waals surface area contributed by atoms with Crippen LogP contribution in [0, 0.1) is 0 Å². The van der Waals surface area contributed by atoms with Gasteiger partial charge in [-0.2, -0.15) is 0 Å². The summed E-state index contributed by atoms with van der Waals surface area (Å²) in [5.41, 5.74) is 0.559. The van der Waals surface area contributed by atoms with Crippen LogP contribution in [-0.2, 0) is 16.0 Å². The lowest BCUT2D eigenvalue weighted by atomic mass is 10.1. The van der Waals surface area contributed by atoms with Gasteiger partial charge in [0, 0.05) is 11.4 Å². The summed E-state index contributed by atoms with van der Waals surface area (Å²) in [5.74, 6) is -0.772. The molecule has 0 atom stereocenters. The Hall–Kier alpha value is -1.43. The molecule has 7 heteroatoms. The quantitative estimate of drug-likeness (QED) is 0.777. The van der Waals surface area contributed by atoms with Crippen molar-refractivity contribution in [2.45, 2.75) is 26.1 Å². The molecule has 1 rings (SSSR count). The van der Waals surface area contributed by atoms with Crippen LogP contribution in [0.15, 0.2) is 18.2 Å². The fraction of sp³-hybridized carbons (Fsp3) is 0.417. The molecule has 0 aliphatic carbocycles. The number of halogens is 4. The molecule has 0 heterocycles. The van der Waals surface area contributed by atoms with Gasteiger partial charge in [-0.25, -0.2) is 0 Å². The minimum Gasteiger partial charge on any atom is -0.466 e. The summed E-state index contributed by atoms with van der Waals surface area (Å²) in [6.07, 6.45) is -4.34. The van der Waals surface area contributed by atoms with E-state index in [1.807, 2.05) is 0 Å². The highest BCUT2D eigenvalue weighted by atomic mass is 35.5. The van der Waals surface area contributed by atoms with E-state index in [4.69, 9.17) is 16.3 Å². The first-order valence-corrected chi connectivity index (χ1v) is 5.89. The second-order valence-corrected chi connectivity index (χ2v) is 4.01. The third-order valence-corrected chi connectivity index (χ3v) is 2.51. The van der Waals surface area contributed by atoms with Crippen LogP contribution in [-0.4, -0.2) is 18.9 Å². The van der Waals surface area contributed by atoms with Crippen LogP contribution in [0.3, 0.4) is 0 Å². The van der Waals surface area contributed by atoms with Gasteiger partial charge < -0.3 is 9.47 Å². The molecule has 0 saturated heterocycles. The van der Waals surface area contributed by atoms with Gasteiger partial charge in [0.2, 0.25) is 0 Å². The lowest BCUT2D eigenvalue weighted by molar-refractivity contribution is -0.274. The lowest BCUT2D eigenvalue weighted by Gasteiger charge is -2.10. The van der Waals surface area contributed by atoms with Crippen molar-refractivity contribution in [2.75, 3.05) is 6.61 Å². The summed E-state index contributed by atoms with van der Waals surface area (Å²) in [5, 5.41) is 0.117. The fourth-order valence-corrected chi connectivity index (χ4v) is 1.66. The number of ether oxygens (including phenoxy) is 2. The number of benzene rings is 1. The van der Waals surface area contributed by atoms with Crippen LogP contribution in [0.5, 0.6) is 5.75 Å². The van der Waals surface area contributed by atoms with Gasteiger partial charge in [-0.3, -0.25) is 4.79 Å². The number of rotatable bonds is 5. The first-order chi connectivity index (χ1) is 8.81. The molecule has 0 unspecified atom stereocenters. The van der Waals surface area contributed by atoms with Crippen LogP contribution in [0.4, 0.5) is 13.2 Å². The van der Waals surface area contributed by atoms with Crippen molar-refractivity contribution in [1.82, 2.24) is 0 Å². The van der Waals surface area contributed by atoms with Gasteiger partial charge in [-0.1, -0.05) is 17.7 Å². The zero-order valence-electron chi connectivity index (χ0n) is 10.1. The monoisotopic (exact) mass is 296 g/mol. The van der Waals surface area contributed by atoms with Crippen molar-refractivity contribution < 1.29 is 27.4 Å². The van der Waals surface area contributed by atoms with E-state index in [-0.39, 0.29) is 24.0 Å². The highest BCUT2D eigenvalue weighted by Crippen LogP contribution is 2.28. The number of carbonyl (C=O) groups is 1. The molecule has 1 aromatic carbocycles. The molecule has 0 radical (unpaired) electrons. The lowest BCUT2D eigenvalue weighted by Crippen LogP contribution is -2.17. The molecule has 0 N–H and O–H groups in total. The Balaban J connectivity index is 2.64. The maximum Gasteiger partial charge on any atom is 0.573 e. The number of esters is 1.